The molecule has 0 aromatic heterocycles. The molecule has 0 unspecified atom stereocenters. The molecule has 2 nitrogen and oxygen atoms in total. The molecule has 0 aliphatic rings. The summed E-state index contributed by atoms with van der Waals surface area (Å²) in [6.45, 7) is 0. The molecule has 0 bridgehead atoms. The number of nitrogens with one attached hydrogen (secondary N) is 1. The first-order chi connectivity index (χ1) is 5.13. The van der Waals surface area contributed by atoms with Gasteiger partial charge < -0.3 is 0 Å². The molecular formula is C4H2F6N2. The van der Waals surface area contributed by atoms with E-state index in [2.05, 4.69) is 0 Å². The maximum absolute atomic E-state index is 11.3. The van der Waals surface area contributed by atoms with Gasteiger partial charge in [-0.1, -0.05) is 0 Å². The van der Waals surface area contributed by atoms with Crippen LogP contribution < -0.4 is 0 Å². The summed E-state index contributed by atoms with van der Waals surface area (Å²) in [5, 5.41) is 6.00. The third-order valence-electron chi connectivity index (χ3n) is 0.609. The summed E-state index contributed by atoms with van der Waals surface area (Å²) in [5.41, 5.74) is 0. The van der Waals surface area contributed by atoms with Gasteiger partial charge in [-0.25, -0.2) is 4.99 Å². The Labute approximate surface area is 62.4 Å². The molecule has 0 aromatic rings. The quantitative estimate of drug-likeness (QED) is 0.347. The Hall–Kier alpha value is -1.08. The van der Waals surface area contributed by atoms with Gasteiger partial charge in [-0.2, -0.15) is 26.3 Å². The van der Waals surface area contributed by atoms with Crippen LogP contribution in [0.15, 0.2) is 4.99 Å². The maximum Gasteiger partial charge on any atom is 0.450 e. The largest absolute Gasteiger partial charge is 0.450 e. The Balaban J connectivity index is 4.30. The lowest BCUT2D eigenvalue weighted by molar-refractivity contribution is -0.0616. The second-order valence-electron chi connectivity index (χ2n) is 1.65. The first-order valence-electron chi connectivity index (χ1n) is 2.40. The van der Waals surface area contributed by atoms with Crippen LogP contribution in [0.3, 0.4) is 0 Å². The summed E-state index contributed by atoms with van der Waals surface area (Å²) in [6.07, 6.45) is -11.0. The highest BCUT2D eigenvalue weighted by atomic mass is 19.4. The second kappa shape index (κ2) is 3.11. The number of hydrogen-bond acceptors (Lipinski definition) is 1. The van der Waals surface area contributed by atoms with Crippen LogP contribution in [0.2, 0.25) is 0 Å². The normalized spacial score (nSPS) is 13.8. The zero-order valence-corrected chi connectivity index (χ0v) is 5.29. The first kappa shape index (κ1) is 10.9. The van der Waals surface area contributed by atoms with Crippen LogP contribution in [0, 0.1) is 5.41 Å². The smallest absolute Gasteiger partial charge is 0.279 e. The van der Waals surface area contributed by atoms with Crippen molar-refractivity contribution in [3.63, 3.8) is 0 Å². The van der Waals surface area contributed by atoms with Gasteiger partial charge in [0.2, 0.25) is 5.84 Å². The lowest BCUT2D eigenvalue weighted by Gasteiger charge is -2.02. The molecule has 0 fully saturated rings. The van der Waals surface area contributed by atoms with Crippen molar-refractivity contribution < 1.29 is 26.3 Å². The van der Waals surface area contributed by atoms with E-state index in [0.29, 0.717) is 0 Å². The van der Waals surface area contributed by atoms with Gasteiger partial charge in [0.15, 0.2) is 0 Å². The van der Waals surface area contributed by atoms with E-state index < -0.39 is 24.4 Å². The van der Waals surface area contributed by atoms with E-state index in [0.717, 1.165) is 0 Å². The average Bonchev–Trinajstić information content (AvgIpc) is 1.78. The number of hydrogen-bond donors (Lipinski definition) is 1. The van der Waals surface area contributed by atoms with E-state index in [1.54, 1.807) is 0 Å². The standard InChI is InChI=1S/C4H2F6N2/c5-3(6,7)1-12-2(11)4(8,9)10/h1,11H. The molecule has 0 atom stereocenters. The lowest BCUT2D eigenvalue weighted by Crippen LogP contribution is -2.21. The third-order valence-corrected chi connectivity index (χ3v) is 0.609. The van der Waals surface area contributed by atoms with Gasteiger partial charge in [-0.3, -0.25) is 5.41 Å². The zero-order chi connectivity index (χ0) is 9.99. The predicted octanol–water partition coefficient (Wildman–Crippen LogP) is 2.16. The van der Waals surface area contributed by atoms with Crippen LogP contribution in [0.5, 0.6) is 0 Å². The minimum absolute atomic E-state index is 0.886. The molecule has 0 spiro atoms. The summed E-state index contributed by atoms with van der Waals surface area (Å²) >= 11 is 0. The predicted molar refractivity (Wildman–Crippen MR) is 28.3 cm³/mol. The van der Waals surface area contributed by atoms with Crippen LogP contribution in [-0.2, 0) is 0 Å². The number of amidine groups is 1. The van der Waals surface area contributed by atoms with Gasteiger partial charge in [-0.15, -0.1) is 0 Å². The molecule has 0 amide bonds. The van der Waals surface area contributed by atoms with E-state index in [9.17, 15) is 26.3 Å². The van der Waals surface area contributed by atoms with Crippen LogP contribution in [0.1, 0.15) is 0 Å². The fourth-order valence-corrected chi connectivity index (χ4v) is 0.211. The second-order valence-corrected chi connectivity index (χ2v) is 1.65. The SMILES string of the molecule is N=C(N=CC(F)(F)F)C(F)(F)F. The van der Waals surface area contributed by atoms with Crippen molar-refractivity contribution in [2.75, 3.05) is 0 Å². The van der Waals surface area contributed by atoms with E-state index in [-0.39, 0.29) is 0 Å². The summed E-state index contributed by atoms with van der Waals surface area (Å²) in [7, 11) is 0. The minimum Gasteiger partial charge on any atom is -0.279 e. The van der Waals surface area contributed by atoms with E-state index in [1.165, 1.54) is 0 Å². The van der Waals surface area contributed by atoms with Crippen molar-refractivity contribution in [1.82, 2.24) is 0 Å². The summed E-state index contributed by atoms with van der Waals surface area (Å²) in [4.78, 5) is 1.88. The van der Waals surface area contributed by atoms with Gasteiger partial charge in [0.1, 0.15) is 6.21 Å². The highest BCUT2D eigenvalue weighted by Crippen LogP contribution is 2.18. The molecule has 0 heterocycles. The van der Waals surface area contributed by atoms with E-state index >= 15 is 0 Å². The monoisotopic (exact) mass is 192 g/mol. The van der Waals surface area contributed by atoms with Crippen molar-refractivity contribution in [1.29, 1.82) is 5.41 Å². The Bertz CT molecular complexity index is 199. The Morgan fingerprint density at radius 3 is 1.75 bits per heavy atom. The molecule has 12 heavy (non-hydrogen) atoms. The van der Waals surface area contributed by atoms with Gasteiger partial charge in [-0.05, 0) is 0 Å². The van der Waals surface area contributed by atoms with E-state index in [4.69, 9.17) is 5.41 Å². The molecule has 0 aliphatic heterocycles. The van der Waals surface area contributed by atoms with Crippen molar-refractivity contribution >= 4 is 12.1 Å². The zero-order valence-electron chi connectivity index (χ0n) is 5.29. The lowest BCUT2D eigenvalue weighted by atomic mass is 10.6. The number of alkyl halides is 6. The molecule has 8 heteroatoms. The Morgan fingerprint density at radius 1 is 1.08 bits per heavy atom. The Kier molecular flexibility index (Phi) is 2.83. The molecular weight excluding hydrogens is 190 g/mol. The number of rotatable bonds is 0. The van der Waals surface area contributed by atoms with Crippen LogP contribution in [-0.4, -0.2) is 24.4 Å². The van der Waals surface area contributed by atoms with Crippen molar-refractivity contribution in [3.05, 3.63) is 0 Å². The molecule has 0 radical (unpaired) electrons. The molecule has 0 saturated carbocycles. The van der Waals surface area contributed by atoms with Gasteiger partial charge in [0.25, 0.3) is 0 Å². The molecule has 0 rings (SSSR count). The summed E-state index contributed by atoms with van der Waals surface area (Å²) < 4.78 is 67.5. The first-order valence-corrected chi connectivity index (χ1v) is 2.40. The molecule has 0 saturated heterocycles. The molecule has 0 aliphatic carbocycles. The van der Waals surface area contributed by atoms with Crippen LogP contribution in [0.4, 0.5) is 26.3 Å². The topological polar surface area (TPSA) is 36.2 Å². The minimum atomic E-state index is -5.14. The number of halogens is 6. The fraction of sp³-hybridized carbons (Fsp3) is 0.500. The van der Waals surface area contributed by atoms with Gasteiger partial charge in [0.05, 0.1) is 0 Å². The average molecular weight is 192 g/mol. The highest BCUT2D eigenvalue weighted by molar-refractivity contribution is 5.92. The maximum atomic E-state index is 11.3. The highest BCUT2D eigenvalue weighted by Gasteiger charge is 2.35. The van der Waals surface area contributed by atoms with Crippen molar-refractivity contribution in [2.45, 2.75) is 12.4 Å². The number of aliphatic imine (C=N–C) groups is 1. The van der Waals surface area contributed by atoms with Gasteiger partial charge >= 0.3 is 12.4 Å². The van der Waals surface area contributed by atoms with Gasteiger partial charge in [0, 0.05) is 0 Å². The third kappa shape index (κ3) is 4.69. The van der Waals surface area contributed by atoms with E-state index in [1.807, 2.05) is 4.99 Å². The fourth-order valence-electron chi connectivity index (χ4n) is 0.211. The van der Waals surface area contributed by atoms with Crippen LogP contribution >= 0.6 is 0 Å². The Morgan fingerprint density at radius 2 is 1.50 bits per heavy atom. The van der Waals surface area contributed by atoms with Crippen molar-refractivity contribution in [3.8, 4) is 0 Å². The summed E-state index contributed by atoms with van der Waals surface area (Å²) in [5.74, 6) is -2.28. The number of nitrogens with zero attached hydrogens (tertiary/aromatic N) is 1. The molecule has 1 N–H and O–H groups in total. The molecule has 70 valence electrons. The van der Waals surface area contributed by atoms with Crippen LogP contribution in [0.25, 0.3) is 0 Å². The molecule has 0 aromatic carbocycles. The van der Waals surface area contributed by atoms with Crippen molar-refractivity contribution in [2.24, 2.45) is 4.99 Å². The summed E-state index contributed by atoms with van der Waals surface area (Å²) in [6, 6.07) is 0.